The molecule has 0 aromatic rings. The second-order valence-electron chi connectivity index (χ2n) is 3.96. The quantitative estimate of drug-likeness (QED) is 0.652. The zero-order valence-corrected chi connectivity index (χ0v) is 9.64. The van der Waals surface area contributed by atoms with Gasteiger partial charge in [-0.3, -0.25) is 0 Å². The first-order chi connectivity index (χ1) is 7.86. The molecule has 5 heteroatoms. The van der Waals surface area contributed by atoms with Crippen LogP contribution < -0.4 is 0 Å². The fourth-order valence-corrected chi connectivity index (χ4v) is 0.659. The maximum atomic E-state index is 7.62. The first-order valence-electron chi connectivity index (χ1n) is 5.89. The molecule has 3 fully saturated rings. The van der Waals surface area contributed by atoms with E-state index in [0.29, 0.717) is 12.2 Å². The molecular weight excluding hydrogens is 212 g/mol. The van der Waals surface area contributed by atoms with Gasteiger partial charge in [-0.05, 0) is 0 Å². The molecule has 3 rings (SSSR count). The average molecular weight is 234 g/mol. The summed E-state index contributed by atoms with van der Waals surface area (Å²) in [5, 5.41) is 15.2. The van der Waals surface area contributed by atoms with Crippen LogP contribution >= 0.6 is 0 Å². The summed E-state index contributed by atoms with van der Waals surface area (Å²) in [6, 6.07) is 0. The predicted molar refractivity (Wildman–Crippen MR) is 58.3 cm³/mol. The highest BCUT2D eigenvalue weighted by atomic mass is 16.6. The molecule has 96 valence electrons. The lowest BCUT2D eigenvalue weighted by Crippen LogP contribution is -2.06. The molecule has 16 heavy (non-hydrogen) atoms. The third-order valence-corrected chi connectivity index (χ3v) is 1.87. The van der Waals surface area contributed by atoms with Gasteiger partial charge in [0, 0.05) is 0 Å². The van der Waals surface area contributed by atoms with E-state index in [1.165, 1.54) is 19.3 Å². The van der Waals surface area contributed by atoms with Crippen LogP contribution in [0.5, 0.6) is 0 Å². The Morgan fingerprint density at radius 2 is 1.25 bits per heavy atom. The van der Waals surface area contributed by atoms with E-state index in [4.69, 9.17) is 24.4 Å². The molecule has 1 saturated carbocycles. The fourth-order valence-electron chi connectivity index (χ4n) is 0.659. The van der Waals surface area contributed by atoms with Crippen LogP contribution in [0.4, 0.5) is 0 Å². The maximum Gasteiger partial charge on any atom is 0.104 e. The van der Waals surface area contributed by atoms with Crippen LogP contribution in [0.25, 0.3) is 0 Å². The summed E-state index contributed by atoms with van der Waals surface area (Å²) >= 11 is 0. The Hall–Kier alpha value is -0.200. The molecule has 2 heterocycles. The Balaban J connectivity index is 0.000000153. The summed E-state index contributed by atoms with van der Waals surface area (Å²) < 4.78 is 15.1. The minimum absolute atomic E-state index is 0.125. The van der Waals surface area contributed by atoms with Gasteiger partial charge in [-0.1, -0.05) is 19.3 Å². The lowest BCUT2D eigenvalue weighted by atomic mass is 10.5. The number of ether oxygens (including phenoxy) is 3. The van der Waals surface area contributed by atoms with E-state index in [2.05, 4.69) is 0 Å². The molecule has 3 aliphatic rings. The third kappa shape index (κ3) is 11.9. The molecule has 2 saturated heterocycles. The Labute approximate surface area is 96.3 Å². The molecule has 0 aromatic heterocycles. The highest BCUT2D eigenvalue weighted by molar-refractivity contribution is 4.71. The van der Waals surface area contributed by atoms with Crippen LogP contribution in [-0.2, 0) is 14.2 Å². The molecule has 0 radical (unpaired) electrons. The summed E-state index contributed by atoms with van der Waals surface area (Å²) in [6.45, 7) is 3.01. The van der Waals surface area contributed by atoms with Crippen molar-refractivity contribution in [3.63, 3.8) is 0 Å². The molecule has 2 aliphatic heterocycles. The molecule has 5 nitrogen and oxygen atoms in total. The monoisotopic (exact) mass is 234 g/mol. The van der Waals surface area contributed by atoms with Gasteiger partial charge in [0.2, 0.25) is 0 Å². The van der Waals surface area contributed by atoms with Crippen molar-refractivity contribution in [2.24, 2.45) is 0 Å². The molecule has 0 aromatic carbocycles. The van der Waals surface area contributed by atoms with E-state index in [1.807, 2.05) is 0 Å². The Morgan fingerprint density at radius 1 is 0.875 bits per heavy atom. The standard InChI is InChI=1S/C6H10O3.C3H6.C2H6O2/c1(5-3-8-5)7-2-6-4-9-6;1-2-3-1;3-1-2-4/h5-6H,1-4H2;1-3H2;3-4H,1-2H2. The van der Waals surface area contributed by atoms with Gasteiger partial charge in [-0.15, -0.1) is 0 Å². The second-order valence-corrected chi connectivity index (χ2v) is 3.96. The molecule has 1 aliphatic carbocycles. The van der Waals surface area contributed by atoms with E-state index in [-0.39, 0.29) is 13.2 Å². The molecular formula is C11H22O5. The van der Waals surface area contributed by atoms with Crippen LogP contribution in [0, 0.1) is 0 Å². The summed E-state index contributed by atoms with van der Waals surface area (Å²) in [7, 11) is 0. The van der Waals surface area contributed by atoms with Crippen LogP contribution in [0.15, 0.2) is 0 Å². The van der Waals surface area contributed by atoms with Crippen molar-refractivity contribution in [3.8, 4) is 0 Å². The van der Waals surface area contributed by atoms with E-state index >= 15 is 0 Å². The predicted octanol–water partition coefficient (Wildman–Crippen LogP) is -0.0581. The Kier molecular flexibility index (Phi) is 7.71. The summed E-state index contributed by atoms with van der Waals surface area (Å²) in [6.07, 6.45) is 5.28. The molecule has 2 unspecified atom stereocenters. The van der Waals surface area contributed by atoms with Gasteiger partial charge >= 0.3 is 0 Å². The second kappa shape index (κ2) is 8.90. The van der Waals surface area contributed by atoms with Crippen molar-refractivity contribution in [2.75, 3.05) is 39.6 Å². The van der Waals surface area contributed by atoms with Gasteiger partial charge in [0.1, 0.15) is 12.2 Å². The molecule has 0 amide bonds. The molecule has 0 bridgehead atoms. The summed E-state index contributed by atoms with van der Waals surface area (Å²) in [5.41, 5.74) is 0. The summed E-state index contributed by atoms with van der Waals surface area (Å²) in [5.74, 6) is 0. The van der Waals surface area contributed by atoms with Crippen LogP contribution in [0.3, 0.4) is 0 Å². The first kappa shape index (κ1) is 13.9. The number of hydrogen-bond acceptors (Lipinski definition) is 5. The smallest absolute Gasteiger partial charge is 0.104 e. The largest absolute Gasteiger partial charge is 0.394 e. The summed E-state index contributed by atoms with van der Waals surface area (Å²) in [4.78, 5) is 0. The third-order valence-electron chi connectivity index (χ3n) is 1.87. The van der Waals surface area contributed by atoms with E-state index in [0.717, 1.165) is 26.4 Å². The lowest BCUT2D eigenvalue weighted by Gasteiger charge is -1.95. The number of epoxide rings is 2. The van der Waals surface area contributed by atoms with Crippen LogP contribution in [0.2, 0.25) is 0 Å². The van der Waals surface area contributed by atoms with Crippen molar-refractivity contribution < 1.29 is 24.4 Å². The van der Waals surface area contributed by atoms with E-state index < -0.39 is 0 Å². The van der Waals surface area contributed by atoms with Gasteiger partial charge in [-0.2, -0.15) is 0 Å². The number of aliphatic hydroxyl groups excluding tert-OH is 2. The Bertz CT molecular complexity index is 138. The maximum absolute atomic E-state index is 7.62. The highest BCUT2D eigenvalue weighted by Gasteiger charge is 2.26. The number of rotatable bonds is 5. The van der Waals surface area contributed by atoms with Crippen molar-refractivity contribution >= 4 is 0 Å². The minimum atomic E-state index is -0.125. The van der Waals surface area contributed by atoms with E-state index in [9.17, 15) is 0 Å². The average Bonchev–Trinajstić information content (AvgIpc) is 3.19. The van der Waals surface area contributed by atoms with Gasteiger partial charge < -0.3 is 24.4 Å². The van der Waals surface area contributed by atoms with Gasteiger partial charge in [-0.25, -0.2) is 0 Å². The number of aliphatic hydroxyl groups is 2. The van der Waals surface area contributed by atoms with Crippen molar-refractivity contribution in [1.82, 2.24) is 0 Å². The van der Waals surface area contributed by atoms with Crippen molar-refractivity contribution in [3.05, 3.63) is 0 Å². The molecule has 2 atom stereocenters. The minimum Gasteiger partial charge on any atom is -0.394 e. The topological polar surface area (TPSA) is 74.8 Å². The van der Waals surface area contributed by atoms with Crippen LogP contribution in [0.1, 0.15) is 19.3 Å². The normalized spacial score (nSPS) is 28.1. The van der Waals surface area contributed by atoms with Crippen molar-refractivity contribution in [1.29, 1.82) is 0 Å². The zero-order valence-electron chi connectivity index (χ0n) is 9.64. The van der Waals surface area contributed by atoms with E-state index in [1.54, 1.807) is 0 Å². The molecule has 0 spiro atoms. The van der Waals surface area contributed by atoms with Gasteiger partial charge in [0.05, 0.1) is 39.6 Å². The molecule has 2 N–H and O–H groups in total. The SMILES string of the molecule is C(OCC1CO1)C1CO1.C1CC1.OCCO. The lowest BCUT2D eigenvalue weighted by molar-refractivity contribution is 0.102. The van der Waals surface area contributed by atoms with Crippen LogP contribution in [-0.4, -0.2) is 62.1 Å². The van der Waals surface area contributed by atoms with Gasteiger partial charge in [0.15, 0.2) is 0 Å². The first-order valence-corrected chi connectivity index (χ1v) is 5.89. The number of hydrogen-bond donors (Lipinski definition) is 2. The zero-order chi connectivity index (χ0) is 11.6. The highest BCUT2D eigenvalue weighted by Crippen LogP contribution is 2.15. The van der Waals surface area contributed by atoms with Crippen molar-refractivity contribution in [2.45, 2.75) is 31.5 Å². The Morgan fingerprint density at radius 3 is 1.44 bits per heavy atom. The van der Waals surface area contributed by atoms with Gasteiger partial charge in [0.25, 0.3) is 0 Å². The fraction of sp³-hybridized carbons (Fsp3) is 1.00.